The van der Waals surface area contributed by atoms with Crippen LogP contribution in [-0.2, 0) is 4.74 Å². The first-order valence-electron chi connectivity index (χ1n) is 5.23. The van der Waals surface area contributed by atoms with Crippen LogP contribution in [0.4, 0.5) is 5.82 Å². The van der Waals surface area contributed by atoms with Crippen LogP contribution in [-0.4, -0.2) is 35.4 Å². The lowest BCUT2D eigenvalue weighted by Crippen LogP contribution is -2.40. The van der Waals surface area contributed by atoms with Crippen LogP contribution in [0.3, 0.4) is 0 Å². The van der Waals surface area contributed by atoms with Crippen LogP contribution in [0.25, 0.3) is 0 Å². The minimum atomic E-state index is -0.233. The molecule has 1 unspecified atom stereocenters. The summed E-state index contributed by atoms with van der Waals surface area (Å²) in [5, 5.41) is 10.2. The van der Waals surface area contributed by atoms with Gasteiger partial charge in [-0.05, 0) is 25.0 Å². The van der Waals surface area contributed by atoms with Crippen LogP contribution in [0.5, 0.6) is 0 Å². The molecule has 0 bridgehead atoms. The van der Waals surface area contributed by atoms with Gasteiger partial charge in [0, 0.05) is 6.61 Å². The molecule has 0 radical (unpaired) electrons. The van der Waals surface area contributed by atoms with E-state index in [1.165, 1.54) is 0 Å². The molecule has 0 saturated carbocycles. The molecular weight excluding hydrogens is 208 g/mol. The van der Waals surface area contributed by atoms with Gasteiger partial charge in [-0.3, -0.25) is 4.79 Å². The fourth-order valence-corrected chi connectivity index (χ4v) is 1.58. The number of hydrogen-bond acceptors (Lipinski definition) is 5. The molecular formula is C10H14N4O2. The van der Waals surface area contributed by atoms with E-state index in [9.17, 15) is 4.79 Å². The number of anilines is 1. The lowest BCUT2D eigenvalue weighted by Gasteiger charge is -2.22. The summed E-state index contributed by atoms with van der Waals surface area (Å²) in [6, 6.07) is 3.18. The number of rotatable bonds is 2. The summed E-state index contributed by atoms with van der Waals surface area (Å²) in [5.41, 5.74) is 5.66. The fraction of sp³-hybridized carbons (Fsp3) is 0.500. The first-order chi connectivity index (χ1) is 7.75. The van der Waals surface area contributed by atoms with Crippen LogP contribution in [0.1, 0.15) is 23.3 Å². The van der Waals surface area contributed by atoms with Crippen LogP contribution >= 0.6 is 0 Å². The predicted octanol–water partition coefficient (Wildman–Crippen LogP) is -0.0324. The molecule has 0 spiro atoms. The Morgan fingerprint density at radius 2 is 2.38 bits per heavy atom. The van der Waals surface area contributed by atoms with Crippen molar-refractivity contribution in [2.45, 2.75) is 18.9 Å². The highest BCUT2D eigenvalue weighted by molar-refractivity contribution is 5.92. The second-order valence-electron chi connectivity index (χ2n) is 3.73. The molecule has 86 valence electrons. The number of nitrogens with zero attached hydrogens (tertiary/aromatic N) is 2. The van der Waals surface area contributed by atoms with Crippen LogP contribution in [0.2, 0.25) is 0 Å². The van der Waals surface area contributed by atoms with Crippen molar-refractivity contribution in [2.75, 3.05) is 18.9 Å². The van der Waals surface area contributed by atoms with Gasteiger partial charge in [-0.15, -0.1) is 10.2 Å². The van der Waals surface area contributed by atoms with Gasteiger partial charge in [0.05, 0.1) is 12.6 Å². The van der Waals surface area contributed by atoms with E-state index in [1.807, 2.05) is 0 Å². The van der Waals surface area contributed by atoms with E-state index in [0.29, 0.717) is 12.4 Å². The number of hydrogen-bond donors (Lipinski definition) is 2. The Balaban J connectivity index is 1.94. The van der Waals surface area contributed by atoms with Crippen molar-refractivity contribution in [3.05, 3.63) is 17.8 Å². The number of carbonyl (C=O) groups excluding carboxylic acids is 1. The van der Waals surface area contributed by atoms with Crippen LogP contribution < -0.4 is 11.1 Å². The number of aromatic nitrogens is 2. The first-order valence-corrected chi connectivity index (χ1v) is 5.23. The van der Waals surface area contributed by atoms with Crippen molar-refractivity contribution in [2.24, 2.45) is 0 Å². The maximum Gasteiger partial charge on any atom is 0.272 e. The summed E-state index contributed by atoms with van der Waals surface area (Å²) < 4.78 is 5.27. The van der Waals surface area contributed by atoms with Gasteiger partial charge in [0.1, 0.15) is 5.82 Å². The van der Waals surface area contributed by atoms with E-state index in [-0.39, 0.29) is 17.6 Å². The standard InChI is InChI=1S/C10H14N4O2/c11-9-4-3-8(13-14-9)10(15)12-7-2-1-5-16-6-7/h3-4,7H,1-2,5-6H2,(H2,11,14)(H,12,15). The number of nitrogens with one attached hydrogen (secondary N) is 1. The van der Waals surface area contributed by atoms with E-state index in [2.05, 4.69) is 15.5 Å². The highest BCUT2D eigenvalue weighted by atomic mass is 16.5. The fourth-order valence-electron chi connectivity index (χ4n) is 1.58. The Labute approximate surface area is 93.2 Å². The van der Waals surface area contributed by atoms with E-state index in [0.717, 1.165) is 19.4 Å². The maximum absolute atomic E-state index is 11.7. The van der Waals surface area contributed by atoms with Gasteiger partial charge < -0.3 is 15.8 Å². The summed E-state index contributed by atoms with van der Waals surface area (Å²) in [7, 11) is 0. The normalized spacial score (nSPS) is 20.4. The van der Waals surface area contributed by atoms with Crippen molar-refractivity contribution in [3.8, 4) is 0 Å². The molecule has 16 heavy (non-hydrogen) atoms. The summed E-state index contributed by atoms with van der Waals surface area (Å²) in [5.74, 6) is 0.0700. The van der Waals surface area contributed by atoms with Gasteiger partial charge in [-0.2, -0.15) is 0 Å². The second-order valence-corrected chi connectivity index (χ2v) is 3.73. The molecule has 1 fully saturated rings. The van der Waals surface area contributed by atoms with Gasteiger partial charge in [0.2, 0.25) is 0 Å². The van der Waals surface area contributed by atoms with Gasteiger partial charge in [0.15, 0.2) is 5.69 Å². The molecule has 3 N–H and O–H groups in total. The number of ether oxygens (including phenoxy) is 1. The van der Waals surface area contributed by atoms with Crippen LogP contribution in [0.15, 0.2) is 12.1 Å². The minimum Gasteiger partial charge on any atom is -0.382 e. The Bertz CT molecular complexity index is 360. The van der Waals surface area contributed by atoms with E-state index < -0.39 is 0 Å². The number of nitrogen functional groups attached to an aromatic ring is 1. The smallest absolute Gasteiger partial charge is 0.272 e. The molecule has 0 aliphatic carbocycles. The summed E-state index contributed by atoms with van der Waals surface area (Å²) in [4.78, 5) is 11.7. The lowest BCUT2D eigenvalue weighted by molar-refractivity contribution is 0.0621. The molecule has 1 saturated heterocycles. The highest BCUT2D eigenvalue weighted by Gasteiger charge is 2.17. The average Bonchev–Trinajstić information content (AvgIpc) is 2.31. The molecule has 1 aliphatic heterocycles. The first kappa shape index (κ1) is 10.8. The Morgan fingerprint density at radius 1 is 1.50 bits per heavy atom. The van der Waals surface area contributed by atoms with Crippen molar-refractivity contribution < 1.29 is 9.53 Å². The molecule has 6 nitrogen and oxygen atoms in total. The highest BCUT2D eigenvalue weighted by Crippen LogP contribution is 2.06. The van der Waals surface area contributed by atoms with Gasteiger partial charge in [-0.25, -0.2) is 0 Å². The zero-order chi connectivity index (χ0) is 11.4. The SMILES string of the molecule is Nc1ccc(C(=O)NC2CCCOC2)nn1. The zero-order valence-electron chi connectivity index (χ0n) is 8.85. The molecule has 1 amide bonds. The quantitative estimate of drug-likeness (QED) is 0.733. The zero-order valence-corrected chi connectivity index (χ0v) is 8.85. The Morgan fingerprint density at radius 3 is 3.00 bits per heavy atom. The molecule has 1 aliphatic rings. The summed E-state index contributed by atoms with van der Waals surface area (Å²) in [6.45, 7) is 1.34. The summed E-state index contributed by atoms with van der Waals surface area (Å²) in [6.07, 6.45) is 1.91. The number of carbonyl (C=O) groups is 1. The van der Waals surface area contributed by atoms with Crippen molar-refractivity contribution in [1.29, 1.82) is 0 Å². The third-order valence-corrected chi connectivity index (χ3v) is 2.41. The Kier molecular flexibility index (Phi) is 3.31. The van der Waals surface area contributed by atoms with Gasteiger partial charge in [0.25, 0.3) is 5.91 Å². The van der Waals surface area contributed by atoms with Crippen LogP contribution in [0, 0.1) is 0 Å². The monoisotopic (exact) mass is 222 g/mol. The van der Waals surface area contributed by atoms with Crippen molar-refractivity contribution in [1.82, 2.24) is 15.5 Å². The lowest BCUT2D eigenvalue weighted by atomic mass is 10.1. The molecule has 1 aromatic rings. The molecule has 0 aromatic carbocycles. The topological polar surface area (TPSA) is 90.1 Å². The van der Waals surface area contributed by atoms with Crippen molar-refractivity contribution >= 4 is 11.7 Å². The third kappa shape index (κ3) is 2.66. The third-order valence-electron chi connectivity index (χ3n) is 2.41. The molecule has 6 heteroatoms. The van der Waals surface area contributed by atoms with Gasteiger partial charge in [-0.1, -0.05) is 0 Å². The largest absolute Gasteiger partial charge is 0.382 e. The second kappa shape index (κ2) is 4.89. The maximum atomic E-state index is 11.7. The minimum absolute atomic E-state index is 0.0700. The van der Waals surface area contributed by atoms with E-state index >= 15 is 0 Å². The number of nitrogens with two attached hydrogens (primary N) is 1. The summed E-state index contributed by atoms with van der Waals surface area (Å²) >= 11 is 0. The molecule has 2 heterocycles. The average molecular weight is 222 g/mol. The Hall–Kier alpha value is -1.69. The van der Waals surface area contributed by atoms with Crippen molar-refractivity contribution in [3.63, 3.8) is 0 Å². The van der Waals surface area contributed by atoms with E-state index in [4.69, 9.17) is 10.5 Å². The molecule has 1 atom stereocenters. The van der Waals surface area contributed by atoms with Gasteiger partial charge >= 0.3 is 0 Å². The number of amides is 1. The predicted molar refractivity (Wildman–Crippen MR) is 57.8 cm³/mol. The van der Waals surface area contributed by atoms with E-state index in [1.54, 1.807) is 12.1 Å². The molecule has 1 aromatic heterocycles. The molecule has 2 rings (SSSR count).